The second-order valence-electron chi connectivity index (χ2n) is 3.52. The van der Waals surface area contributed by atoms with Crippen molar-refractivity contribution in [2.24, 2.45) is 14.1 Å². The fraction of sp³-hybridized carbons (Fsp3) is 0.444. The highest BCUT2D eigenvalue weighted by Crippen LogP contribution is 2.20. The normalized spacial score (nSPS) is 11.6. The average Bonchev–Trinajstić information content (AvgIpc) is 2.17. The van der Waals surface area contributed by atoms with Gasteiger partial charge in [0, 0.05) is 20.3 Å². The number of rotatable bonds is 2. The second kappa shape index (κ2) is 4.19. The fourth-order valence-corrected chi connectivity index (χ4v) is 1.28. The molecule has 0 aliphatic carbocycles. The molecular formula is C9H9F3N2O3. The second-order valence-corrected chi connectivity index (χ2v) is 3.52. The molecule has 0 fully saturated rings. The smallest absolute Gasteiger partial charge is 0.303 e. The van der Waals surface area contributed by atoms with Crippen LogP contribution in [-0.4, -0.2) is 21.1 Å². The van der Waals surface area contributed by atoms with Crippen LogP contribution in [0.15, 0.2) is 15.8 Å². The molecule has 0 saturated carbocycles. The van der Waals surface area contributed by atoms with Crippen molar-refractivity contribution in [1.29, 1.82) is 0 Å². The van der Waals surface area contributed by atoms with Gasteiger partial charge in [0.2, 0.25) is 0 Å². The maximum absolute atomic E-state index is 12.0. The summed E-state index contributed by atoms with van der Waals surface area (Å²) in [5.41, 5.74) is -2.38. The maximum Gasteiger partial charge on any atom is 0.396 e. The number of carbonyl (C=O) groups is 1. The number of aryl methyl sites for hydroxylation is 1. The van der Waals surface area contributed by atoms with Crippen LogP contribution in [0.25, 0.3) is 0 Å². The van der Waals surface area contributed by atoms with E-state index in [4.69, 9.17) is 0 Å². The van der Waals surface area contributed by atoms with E-state index in [1.54, 1.807) is 0 Å². The van der Waals surface area contributed by atoms with E-state index in [1.807, 2.05) is 0 Å². The molecule has 0 bridgehead atoms. The Morgan fingerprint density at radius 3 is 2.29 bits per heavy atom. The van der Waals surface area contributed by atoms with E-state index in [-0.39, 0.29) is 0 Å². The van der Waals surface area contributed by atoms with Gasteiger partial charge >= 0.3 is 11.9 Å². The summed E-state index contributed by atoms with van der Waals surface area (Å²) in [6.45, 7) is 0. The molecule has 1 heterocycles. The van der Waals surface area contributed by atoms with E-state index in [9.17, 15) is 27.6 Å². The summed E-state index contributed by atoms with van der Waals surface area (Å²) in [4.78, 5) is 33.9. The lowest BCUT2D eigenvalue weighted by Gasteiger charge is -2.07. The third-order valence-corrected chi connectivity index (χ3v) is 2.11. The lowest BCUT2D eigenvalue weighted by molar-refractivity contribution is -0.125. The number of carbonyl (C=O) groups excluding carboxylic acids is 1. The number of halogens is 3. The highest BCUT2D eigenvalue weighted by atomic mass is 19.4. The van der Waals surface area contributed by atoms with Crippen molar-refractivity contribution in [2.75, 3.05) is 0 Å². The monoisotopic (exact) mass is 250 g/mol. The minimum absolute atomic E-state index is 0.587. The quantitative estimate of drug-likeness (QED) is 0.705. The summed E-state index contributed by atoms with van der Waals surface area (Å²) in [5, 5.41) is 0. The molecule has 0 amide bonds. The predicted molar refractivity (Wildman–Crippen MR) is 51.9 cm³/mol. The minimum atomic E-state index is -4.68. The summed E-state index contributed by atoms with van der Waals surface area (Å²) >= 11 is 0. The van der Waals surface area contributed by atoms with Crippen LogP contribution in [0.2, 0.25) is 0 Å². The predicted octanol–water partition coefficient (Wildman–Crippen LogP) is 0.219. The number of aromatic nitrogens is 2. The maximum atomic E-state index is 12.0. The molecule has 5 nitrogen and oxygen atoms in total. The van der Waals surface area contributed by atoms with Crippen LogP contribution in [-0.2, 0) is 14.1 Å². The highest BCUT2D eigenvalue weighted by molar-refractivity contribution is 5.95. The zero-order chi connectivity index (χ0) is 13.4. The Balaban J connectivity index is 3.30. The Morgan fingerprint density at radius 2 is 1.82 bits per heavy atom. The van der Waals surface area contributed by atoms with Crippen LogP contribution >= 0.6 is 0 Å². The summed E-state index contributed by atoms with van der Waals surface area (Å²) in [6.07, 6.45) is -5.59. The van der Waals surface area contributed by atoms with Gasteiger partial charge in [-0.15, -0.1) is 0 Å². The Kier molecular flexibility index (Phi) is 3.25. The standard InChI is InChI=1S/C9H9F3N2O3/c1-13-4-5(6(15)3-9(10,11)12)7(16)14(2)8(13)17/h4H,3H2,1-2H3. The van der Waals surface area contributed by atoms with Crippen molar-refractivity contribution in [1.82, 2.24) is 9.13 Å². The summed E-state index contributed by atoms with van der Waals surface area (Å²) in [5.74, 6) is -1.35. The molecule has 1 aromatic rings. The SMILES string of the molecule is Cn1cc(C(=O)CC(F)(F)F)c(=O)n(C)c1=O. The zero-order valence-corrected chi connectivity index (χ0v) is 9.04. The van der Waals surface area contributed by atoms with Crippen LogP contribution in [0.3, 0.4) is 0 Å². The molecule has 0 radical (unpaired) electrons. The largest absolute Gasteiger partial charge is 0.396 e. The number of alkyl halides is 3. The first-order valence-corrected chi connectivity index (χ1v) is 4.50. The van der Waals surface area contributed by atoms with E-state index in [2.05, 4.69) is 0 Å². The first-order chi connectivity index (χ1) is 7.63. The molecule has 0 unspecified atom stereocenters. The average molecular weight is 250 g/mol. The molecule has 1 aromatic heterocycles. The van der Waals surface area contributed by atoms with Gasteiger partial charge in [-0.2, -0.15) is 13.2 Å². The Bertz CT molecular complexity index is 568. The van der Waals surface area contributed by atoms with Crippen molar-refractivity contribution in [3.63, 3.8) is 0 Å². The van der Waals surface area contributed by atoms with Gasteiger partial charge in [0.25, 0.3) is 5.56 Å². The minimum Gasteiger partial charge on any atom is -0.303 e. The molecule has 17 heavy (non-hydrogen) atoms. The molecule has 0 atom stereocenters. The number of Topliss-reactive ketones (excluding diaryl/α,β-unsaturated/α-hetero) is 1. The van der Waals surface area contributed by atoms with E-state index in [0.717, 1.165) is 17.8 Å². The molecular weight excluding hydrogens is 241 g/mol. The third-order valence-electron chi connectivity index (χ3n) is 2.11. The molecule has 0 spiro atoms. The van der Waals surface area contributed by atoms with Crippen molar-refractivity contribution < 1.29 is 18.0 Å². The lowest BCUT2D eigenvalue weighted by Crippen LogP contribution is -2.40. The summed E-state index contributed by atoms with van der Waals surface area (Å²) in [7, 11) is 2.33. The van der Waals surface area contributed by atoms with E-state index >= 15 is 0 Å². The summed E-state index contributed by atoms with van der Waals surface area (Å²) in [6, 6.07) is 0. The van der Waals surface area contributed by atoms with Crippen LogP contribution in [0.5, 0.6) is 0 Å². The molecule has 0 aromatic carbocycles. The fourth-order valence-electron chi connectivity index (χ4n) is 1.28. The number of nitrogens with zero attached hydrogens (tertiary/aromatic N) is 2. The molecule has 0 saturated heterocycles. The van der Waals surface area contributed by atoms with Gasteiger partial charge in [0.15, 0.2) is 5.78 Å². The molecule has 94 valence electrons. The van der Waals surface area contributed by atoms with Crippen molar-refractivity contribution in [2.45, 2.75) is 12.6 Å². The Morgan fingerprint density at radius 1 is 1.29 bits per heavy atom. The van der Waals surface area contributed by atoms with Gasteiger partial charge in [-0.3, -0.25) is 14.2 Å². The van der Waals surface area contributed by atoms with Crippen LogP contribution in [0.4, 0.5) is 13.2 Å². The molecule has 0 N–H and O–H groups in total. The molecule has 1 rings (SSSR count). The zero-order valence-electron chi connectivity index (χ0n) is 9.04. The van der Waals surface area contributed by atoms with E-state index in [0.29, 0.717) is 4.57 Å². The van der Waals surface area contributed by atoms with Gasteiger partial charge < -0.3 is 4.57 Å². The van der Waals surface area contributed by atoms with Crippen LogP contribution in [0, 0.1) is 0 Å². The lowest BCUT2D eigenvalue weighted by atomic mass is 10.1. The Hall–Kier alpha value is -1.86. The van der Waals surface area contributed by atoms with Crippen molar-refractivity contribution >= 4 is 5.78 Å². The molecule has 0 aliphatic heterocycles. The molecule has 8 heteroatoms. The van der Waals surface area contributed by atoms with Crippen molar-refractivity contribution in [3.8, 4) is 0 Å². The molecule has 0 aliphatic rings. The van der Waals surface area contributed by atoms with Gasteiger partial charge in [0.05, 0.1) is 5.56 Å². The van der Waals surface area contributed by atoms with E-state index in [1.165, 1.54) is 7.05 Å². The van der Waals surface area contributed by atoms with Crippen molar-refractivity contribution in [3.05, 3.63) is 32.6 Å². The van der Waals surface area contributed by atoms with Gasteiger partial charge in [0.1, 0.15) is 6.42 Å². The van der Waals surface area contributed by atoms with Crippen LogP contribution in [0.1, 0.15) is 16.8 Å². The van der Waals surface area contributed by atoms with Gasteiger partial charge in [-0.05, 0) is 0 Å². The van der Waals surface area contributed by atoms with Gasteiger partial charge in [-0.1, -0.05) is 0 Å². The summed E-state index contributed by atoms with van der Waals surface area (Å²) < 4.78 is 37.5. The topological polar surface area (TPSA) is 61.1 Å². The van der Waals surface area contributed by atoms with E-state index < -0.39 is 35.2 Å². The Labute approximate surface area is 93.1 Å². The van der Waals surface area contributed by atoms with Crippen LogP contribution < -0.4 is 11.2 Å². The third kappa shape index (κ3) is 2.83. The highest BCUT2D eigenvalue weighted by Gasteiger charge is 2.33. The first kappa shape index (κ1) is 13.2. The number of ketones is 1. The number of hydrogen-bond donors (Lipinski definition) is 0. The van der Waals surface area contributed by atoms with Gasteiger partial charge in [-0.25, -0.2) is 4.79 Å². The first-order valence-electron chi connectivity index (χ1n) is 4.50. The number of hydrogen-bond acceptors (Lipinski definition) is 3.